The van der Waals surface area contributed by atoms with E-state index in [2.05, 4.69) is 26.0 Å². The van der Waals surface area contributed by atoms with Crippen molar-refractivity contribution in [1.82, 2.24) is 5.01 Å². The van der Waals surface area contributed by atoms with Crippen molar-refractivity contribution in [1.29, 1.82) is 5.41 Å². The number of benzene rings is 2. The van der Waals surface area contributed by atoms with Gasteiger partial charge in [-0.25, -0.2) is 4.79 Å². The van der Waals surface area contributed by atoms with E-state index in [9.17, 15) is 9.59 Å². The highest BCUT2D eigenvalue weighted by molar-refractivity contribution is 9.10. The van der Waals surface area contributed by atoms with Gasteiger partial charge < -0.3 is 4.74 Å². The molecule has 2 aliphatic rings. The number of esters is 1. The number of carbonyl (C=O) groups is 2. The lowest BCUT2D eigenvalue weighted by atomic mass is 10.1. The number of carbonyl (C=O) groups excluding carboxylic acids is 2. The zero-order valence-electron chi connectivity index (χ0n) is 15.0. The summed E-state index contributed by atoms with van der Waals surface area (Å²) in [4.78, 5) is 28.6. The molecule has 7 nitrogen and oxygen atoms in total. The molecular weight excluding hydrogens is 456 g/mol. The highest BCUT2D eigenvalue weighted by atomic mass is 79.9. The Hall–Kier alpha value is -3.04. The van der Waals surface area contributed by atoms with Crippen LogP contribution in [0.5, 0.6) is 5.75 Å². The highest BCUT2D eigenvalue weighted by Crippen LogP contribution is 2.29. The van der Waals surface area contributed by atoms with E-state index in [0.29, 0.717) is 26.5 Å². The van der Waals surface area contributed by atoms with Gasteiger partial charge >= 0.3 is 5.97 Å². The molecule has 2 heterocycles. The van der Waals surface area contributed by atoms with Crippen LogP contribution in [0.4, 0.5) is 0 Å². The molecule has 0 aromatic heterocycles. The van der Waals surface area contributed by atoms with Gasteiger partial charge in [0.05, 0.1) is 21.2 Å². The third-order valence-electron chi connectivity index (χ3n) is 4.12. The minimum Gasteiger partial charge on any atom is -0.422 e. The molecule has 1 N–H and O–H groups in total. The Morgan fingerprint density at radius 3 is 2.86 bits per heavy atom. The lowest BCUT2D eigenvalue weighted by Gasteiger charge is -2.20. The van der Waals surface area contributed by atoms with E-state index in [-0.39, 0.29) is 11.4 Å². The number of halogens is 1. The van der Waals surface area contributed by atoms with Crippen LogP contribution >= 0.6 is 27.7 Å². The van der Waals surface area contributed by atoms with Crippen LogP contribution in [0.25, 0.3) is 6.08 Å². The van der Waals surface area contributed by atoms with E-state index in [1.165, 1.54) is 22.3 Å². The number of aliphatic imine (C=N–C) groups is 1. The number of thioether (sulfide) groups is 1. The smallest absolute Gasteiger partial charge is 0.343 e. The van der Waals surface area contributed by atoms with Crippen molar-refractivity contribution in [2.24, 2.45) is 10.1 Å². The molecule has 4 rings (SSSR count). The Labute approximate surface area is 178 Å². The summed E-state index contributed by atoms with van der Waals surface area (Å²) in [5, 5.41) is 13.9. The van der Waals surface area contributed by atoms with Crippen LogP contribution in [0.3, 0.4) is 0 Å². The fourth-order valence-electron chi connectivity index (χ4n) is 2.72. The van der Waals surface area contributed by atoms with Crippen molar-refractivity contribution >= 4 is 62.2 Å². The molecule has 2 aromatic rings. The fourth-order valence-corrected chi connectivity index (χ4v) is 3.81. The van der Waals surface area contributed by atoms with E-state index in [4.69, 9.17) is 10.1 Å². The molecule has 29 heavy (non-hydrogen) atoms. The van der Waals surface area contributed by atoms with Crippen LogP contribution < -0.4 is 4.74 Å². The Morgan fingerprint density at radius 1 is 1.28 bits per heavy atom. The van der Waals surface area contributed by atoms with Crippen molar-refractivity contribution in [3.63, 3.8) is 0 Å². The lowest BCUT2D eigenvalue weighted by Crippen LogP contribution is -2.35. The number of fused-ring (bicyclic) bond motifs is 1. The Kier molecular flexibility index (Phi) is 5.16. The first-order chi connectivity index (χ1) is 13.9. The highest BCUT2D eigenvalue weighted by Gasteiger charge is 2.32. The van der Waals surface area contributed by atoms with E-state index in [0.717, 1.165) is 5.56 Å². The number of amides is 1. The average Bonchev–Trinajstić information content (AvgIpc) is 3.15. The fraction of sp³-hybridized carbons (Fsp3) is 0.0500. The molecule has 2 aliphatic heterocycles. The van der Waals surface area contributed by atoms with Gasteiger partial charge in [0.25, 0.3) is 5.91 Å². The summed E-state index contributed by atoms with van der Waals surface area (Å²) in [5.74, 6) is -0.641. The average molecular weight is 469 g/mol. The van der Waals surface area contributed by atoms with Gasteiger partial charge in [0.2, 0.25) is 0 Å². The predicted octanol–water partition coefficient (Wildman–Crippen LogP) is 4.23. The zero-order chi connectivity index (χ0) is 20.5. The van der Waals surface area contributed by atoms with Crippen molar-refractivity contribution in [3.05, 3.63) is 69.2 Å². The second kappa shape index (κ2) is 7.76. The van der Waals surface area contributed by atoms with Crippen molar-refractivity contribution in [3.8, 4) is 5.75 Å². The summed E-state index contributed by atoms with van der Waals surface area (Å²) < 4.78 is 6.01. The van der Waals surface area contributed by atoms with Gasteiger partial charge in [0.15, 0.2) is 11.0 Å². The normalized spacial score (nSPS) is 16.8. The van der Waals surface area contributed by atoms with Crippen molar-refractivity contribution in [2.75, 3.05) is 0 Å². The Balaban J connectivity index is 1.57. The van der Waals surface area contributed by atoms with Crippen LogP contribution in [-0.4, -0.2) is 33.4 Å². The molecule has 0 atom stereocenters. The van der Waals surface area contributed by atoms with E-state index in [1.54, 1.807) is 42.5 Å². The molecule has 0 aliphatic carbocycles. The Bertz CT molecular complexity index is 1160. The zero-order valence-corrected chi connectivity index (χ0v) is 17.5. The predicted molar refractivity (Wildman–Crippen MR) is 116 cm³/mol. The number of ether oxygens (including phenoxy) is 1. The van der Waals surface area contributed by atoms with Crippen LogP contribution in [0.1, 0.15) is 21.5 Å². The molecule has 1 amide bonds. The molecule has 0 saturated heterocycles. The quantitative estimate of drug-likeness (QED) is 0.413. The Morgan fingerprint density at radius 2 is 2.10 bits per heavy atom. The van der Waals surface area contributed by atoms with Crippen LogP contribution in [0, 0.1) is 12.3 Å². The summed E-state index contributed by atoms with van der Waals surface area (Å²) in [7, 11) is 0. The monoisotopic (exact) mass is 468 g/mol. The SMILES string of the molecule is Cc1cccc(C(=O)Oc2ccc(/C=C3/C(=N)N4N=CSC4=NC3=O)cc2Br)c1. The topological polar surface area (TPSA) is 95.2 Å². The second-order valence-corrected chi connectivity index (χ2v) is 7.87. The third kappa shape index (κ3) is 3.92. The minimum atomic E-state index is -0.495. The largest absolute Gasteiger partial charge is 0.422 e. The molecule has 0 radical (unpaired) electrons. The number of nitrogens with zero attached hydrogens (tertiary/aromatic N) is 3. The summed E-state index contributed by atoms with van der Waals surface area (Å²) in [5.41, 5.74) is 3.73. The number of hydrazone groups is 1. The first-order valence-corrected chi connectivity index (χ1v) is 10.1. The lowest BCUT2D eigenvalue weighted by molar-refractivity contribution is -0.114. The van der Waals surface area contributed by atoms with Gasteiger partial charge in [-0.15, -0.1) is 0 Å². The third-order valence-corrected chi connectivity index (χ3v) is 5.41. The van der Waals surface area contributed by atoms with Gasteiger partial charge in [-0.1, -0.05) is 23.8 Å². The summed E-state index contributed by atoms with van der Waals surface area (Å²) in [6.45, 7) is 1.90. The second-order valence-electron chi connectivity index (χ2n) is 6.21. The maximum atomic E-state index is 12.3. The number of hydrogen-bond acceptors (Lipinski definition) is 6. The maximum absolute atomic E-state index is 12.3. The summed E-state index contributed by atoms with van der Waals surface area (Å²) in [6, 6.07) is 12.2. The van der Waals surface area contributed by atoms with Gasteiger partial charge in [-0.3, -0.25) is 10.2 Å². The van der Waals surface area contributed by atoms with Crippen LogP contribution in [0.15, 0.2) is 62.6 Å². The number of amidine groups is 2. The molecule has 0 unspecified atom stereocenters. The first kappa shape index (κ1) is 19.3. The first-order valence-electron chi connectivity index (χ1n) is 8.43. The number of rotatable bonds is 3. The number of aryl methyl sites for hydroxylation is 1. The standard InChI is InChI=1S/C20H13BrN4O3S/c1-11-3-2-4-13(7-11)19(27)28-16-6-5-12(9-15(16)21)8-14-17(22)25-20(24-18(14)26)29-10-23-25/h2-10,22H,1H3/b14-8-,22-17?. The minimum absolute atomic E-state index is 0.0349. The number of nitrogens with one attached hydrogen (secondary N) is 1. The van der Waals surface area contributed by atoms with Crippen molar-refractivity contribution in [2.45, 2.75) is 6.92 Å². The van der Waals surface area contributed by atoms with E-state index >= 15 is 0 Å². The van der Waals surface area contributed by atoms with E-state index in [1.807, 2.05) is 13.0 Å². The van der Waals surface area contributed by atoms with Gasteiger partial charge in [0.1, 0.15) is 5.75 Å². The van der Waals surface area contributed by atoms with Crippen molar-refractivity contribution < 1.29 is 14.3 Å². The molecule has 0 fully saturated rings. The van der Waals surface area contributed by atoms with E-state index < -0.39 is 11.9 Å². The van der Waals surface area contributed by atoms with Gasteiger partial charge in [-0.2, -0.15) is 15.1 Å². The van der Waals surface area contributed by atoms with Crippen LogP contribution in [-0.2, 0) is 4.79 Å². The van der Waals surface area contributed by atoms with Gasteiger partial charge in [-0.05, 0) is 70.5 Å². The van der Waals surface area contributed by atoms with Crippen LogP contribution in [0.2, 0.25) is 0 Å². The molecule has 144 valence electrons. The summed E-state index contributed by atoms with van der Waals surface area (Å²) >= 11 is 4.58. The number of hydrogen-bond donors (Lipinski definition) is 1. The molecule has 0 spiro atoms. The molecular formula is C20H13BrN4O3S. The molecule has 0 saturated carbocycles. The molecule has 2 aromatic carbocycles. The summed E-state index contributed by atoms with van der Waals surface area (Å²) in [6.07, 6.45) is 1.56. The molecule has 0 bridgehead atoms. The maximum Gasteiger partial charge on any atom is 0.343 e. The van der Waals surface area contributed by atoms with Gasteiger partial charge in [0, 0.05) is 0 Å². The molecule has 9 heteroatoms.